The molecule has 0 aromatic heterocycles. The summed E-state index contributed by atoms with van der Waals surface area (Å²) in [5.41, 5.74) is 2.25. The molecule has 1 aromatic carbocycles. The van der Waals surface area contributed by atoms with Gasteiger partial charge in [0.25, 0.3) is 0 Å². The first kappa shape index (κ1) is 18.9. The lowest BCUT2D eigenvalue weighted by Crippen LogP contribution is -2.50. The van der Waals surface area contributed by atoms with Crippen molar-refractivity contribution < 1.29 is 19.1 Å². The minimum atomic E-state index is -0.710. The Balaban J connectivity index is 2.09. The summed E-state index contributed by atoms with van der Waals surface area (Å²) in [5.74, 6) is -0.576. The number of methoxy groups -OCH3 is 1. The summed E-state index contributed by atoms with van der Waals surface area (Å²) >= 11 is 0. The maximum absolute atomic E-state index is 12.9. The van der Waals surface area contributed by atoms with Gasteiger partial charge in [-0.15, -0.1) is 0 Å². The number of imide groups is 1. The molecule has 1 aliphatic rings. The zero-order valence-electron chi connectivity index (χ0n) is 14.7. The maximum atomic E-state index is 12.9. The Bertz CT molecular complexity index is 615. The monoisotopic (exact) mass is 347 g/mol. The van der Waals surface area contributed by atoms with Crippen LogP contribution in [0.3, 0.4) is 0 Å². The van der Waals surface area contributed by atoms with Gasteiger partial charge in [-0.1, -0.05) is 31.2 Å². The van der Waals surface area contributed by atoms with Gasteiger partial charge in [0.1, 0.15) is 6.04 Å². The quantitative estimate of drug-likeness (QED) is 0.776. The van der Waals surface area contributed by atoms with Crippen molar-refractivity contribution >= 4 is 17.8 Å². The number of hydrogen-bond acceptors (Lipinski definition) is 4. The van der Waals surface area contributed by atoms with Gasteiger partial charge in [0, 0.05) is 26.6 Å². The summed E-state index contributed by atoms with van der Waals surface area (Å²) in [5, 5.41) is 4.75. The third-order valence-corrected chi connectivity index (χ3v) is 4.20. The van der Waals surface area contributed by atoms with Crippen LogP contribution in [-0.4, -0.2) is 49.0 Å². The van der Waals surface area contributed by atoms with Gasteiger partial charge in [0.15, 0.2) is 0 Å². The smallest absolute Gasteiger partial charge is 0.322 e. The van der Waals surface area contributed by atoms with Crippen molar-refractivity contribution in [2.45, 2.75) is 38.8 Å². The molecule has 1 saturated heterocycles. The number of ether oxygens (including phenoxy) is 1. The molecule has 0 bridgehead atoms. The number of rotatable bonds is 7. The van der Waals surface area contributed by atoms with Crippen LogP contribution in [0.15, 0.2) is 24.3 Å². The average Bonchev–Trinajstić information content (AvgIpc) is 2.78. The predicted molar refractivity (Wildman–Crippen MR) is 92.8 cm³/mol. The first-order chi connectivity index (χ1) is 12.0. The highest BCUT2D eigenvalue weighted by Gasteiger charge is 2.29. The Morgan fingerprint density at radius 2 is 1.92 bits per heavy atom. The summed E-state index contributed by atoms with van der Waals surface area (Å²) in [6.07, 6.45) is 1.38. The molecule has 0 saturated carbocycles. The van der Waals surface area contributed by atoms with E-state index >= 15 is 0 Å². The molecular formula is C18H25N3O4. The number of urea groups is 1. The molecule has 1 heterocycles. The standard InChI is InChI=1S/C18H25N3O4/c1-3-13-4-6-14(7-5-13)12-21(10-11-25-2)17(23)15-8-9-16(22)20-18(24)19-15/h4-7,15H,3,8-12H2,1-2H3,(H2,19,20,22,24). The second-order valence-corrected chi connectivity index (χ2v) is 6.04. The summed E-state index contributed by atoms with van der Waals surface area (Å²) in [7, 11) is 1.58. The van der Waals surface area contributed by atoms with E-state index in [-0.39, 0.29) is 24.7 Å². The normalized spacial score (nSPS) is 17.4. The molecule has 1 aliphatic heterocycles. The topological polar surface area (TPSA) is 87.7 Å². The molecule has 1 aromatic rings. The van der Waals surface area contributed by atoms with Crippen LogP contribution in [0.25, 0.3) is 0 Å². The number of carbonyl (C=O) groups excluding carboxylic acids is 3. The Morgan fingerprint density at radius 1 is 1.24 bits per heavy atom. The lowest BCUT2D eigenvalue weighted by molar-refractivity contribution is -0.134. The molecule has 136 valence electrons. The van der Waals surface area contributed by atoms with Crippen LogP contribution in [-0.2, 0) is 27.3 Å². The van der Waals surface area contributed by atoms with Gasteiger partial charge in [0.2, 0.25) is 11.8 Å². The van der Waals surface area contributed by atoms with Crippen molar-refractivity contribution in [3.05, 3.63) is 35.4 Å². The van der Waals surface area contributed by atoms with Crippen LogP contribution < -0.4 is 10.6 Å². The Morgan fingerprint density at radius 3 is 2.56 bits per heavy atom. The van der Waals surface area contributed by atoms with Crippen LogP contribution in [0.4, 0.5) is 4.79 Å². The minimum Gasteiger partial charge on any atom is -0.383 e. The van der Waals surface area contributed by atoms with Crippen molar-refractivity contribution in [3.63, 3.8) is 0 Å². The molecule has 0 radical (unpaired) electrons. The van der Waals surface area contributed by atoms with Gasteiger partial charge in [0.05, 0.1) is 6.61 Å². The number of nitrogens with one attached hydrogen (secondary N) is 2. The highest BCUT2D eigenvalue weighted by molar-refractivity contribution is 5.98. The highest BCUT2D eigenvalue weighted by atomic mass is 16.5. The molecule has 7 nitrogen and oxygen atoms in total. The number of carbonyl (C=O) groups is 3. The molecule has 4 amide bonds. The van der Waals surface area contributed by atoms with E-state index in [2.05, 4.69) is 17.6 Å². The molecule has 25 heavy (non-hydrogen) atoms. The highest BCUT2D eigenvalue weighted by Crippen LogP contribution is 2.12. The van der Waals surface area contributed by atoms with Gasteiger partial charge >= 0.3 is 6.03 Å². The van der Waals surface area contributed by atoms with Crippen LogP contribution >= 0.6 is 0 Å². The first-order valence-corrected chi connectivity index (χ1v) is 8.49. The average molecular weight is 347 g/mol. The Kier molecular flexibility index (Phi) is 6.94. The van der Waals surface area contributed by atoms with Crippen LogP contribution in [0.2, 0.25) is 0 Å². The van der Waals surface area contributed by atoms with E-state index in [1.807, 2.05) is 24.3 Å². The zero-order chi connectivity index (χ0) is 18.2. The van der Waals surface area contributed by atoms with E-state index in [9.17, 15) is 14.4 Å². The molecule has 0 aliphatic carbocycles. The lowest BCUT2D eigenvalue weighted by Gasteiger charge is -2.27. The van der Waals surface area contributed by atoms with Gasteiger partial charge in [-0.3, -0.25) is 14.9 Å². The van der Waals surface area contributed by atoms with E-state index < -0.39 is 12.1 Å². The van der Waals surface area contributed by atoms with Crippen molar-refractivity contribution in [2.75, 3.05) is 20.3 Å². The molecule has 2 rings (SSSR count). The van der Waals surface area contributed by atoms with E-state index in [1.54, 1.807) is 12.0 Å². The number of benzene rings is 1. The fourth-order valence-electron chi connectivity index (χ4n) is 2.71. The summed E-state index contributed by atoms with van der Waals surface area (Å²) in [6.45, 7) is 3.34. The maximum Gasteiger partial charge on any atom is 0.322 e. The Hall–Kier alpha value is -2.41. The number of hydrogen-bond donors (Lipinski definition) is 2. The van der Waals surface area contributed by atoms with Crippen molar-refractivity contribution in [1.82, 2.24) is 15.5 Å². The van der Waals surface area contributed by atoms with Crippen LogP contribution in [0.5, 0.6) is 0 Å². The van der Waals surface area contributed by atoms with Crippen molar-refractivity contribution in [3.8, 4) is 0 Å². The molecule has 1 atom stereocenters. The fourth-order valence-corrected chi connectivity index (χ4v) is 2.71. The molecule has 2 N–H and O–H groups in total. The third kappa shape index (κ3) is 5.56. The van der Waals surface area contributed by atoms with E-state index in [4.69, 9.17) is 4.74 Å². The van der Waals surface area contributed by atoms with Gasteiger partial charge in [-0.05, 0) is 24.0 Å². The number of aryl methyl sites for hydroxylation is 1. The van der Waals surface area contributed by atoms with E-state index in [1.165, 1.54) is 5.56 Å². The van der Waals surface area contributed by atoms with Crippen LogP contribution in [0.1, 0.15) is 30.9 Å². The molecular weight excluding hydrogens is 322 g/mol. The van der Waals surface area contributed by atoms with Gasteiger partial charge in [-0.25, -0.2) is 4.79 Å². The van der Waals surface area contributed by atoms with Crippen molar-refractivity contribution in [1.29, 1.82) is 0 Å². The van der Waals surface area contributed by atoms with Gasteiger partial charge in [-0.2, -0.15) is 0 Å². The van der Waals surface area contributed by atoms with Crippen LogP contribution in [0, 0.1) is 0 Å². The first-order valence-electron chi connectivity index (χ1n) is 8.49. The SMILES string of the molecule is CCc1ccc(CN(CCOC)C(=O)C2CCC(=O)NC(=O)N2)cc1. The fraction of sp³-hybridized carbons (Fsp3) is 0.500. The molecule has 7 heteroatoms. The van der Waals surface area contributed by atoms with E-state index in [0.29, 0.717) is 19.7 Å². The Labute approximate surface area is 147 Å². The van der Waals surface area contributed by atoms with Gasteiger partial charge < -0.3 is 15.0 Å². The summed E-state index contributed by atoms with van der Waals surface area (Å²) < 4.78 is 5.10. The predicted octanol–water partition coefficient (Wildman–Crippen LogP) is 1.21. The lowest BCUT2D eigenvalue weighted by atomic mass is 10.1. The molecule has 1 unspecified atom stereocenters. The minimum absolute atomic E-state index is 0.137. The number of nitrogens with zero attached hydrogens (tertiary/aromatic N) is 1. The summed E-state index contributed by atoms with van der Waals surface area (Å²) in [6, 6.07) is 6.76. The third-order valence-electron chi connectivity index (χ3n) is 4.20. The van der Waals surface area contributed by atoms with Crippen molar-refractivity contribution in [2.24, 2.45) is 0 Å². The zero-order valence-corrected chi connectivity index (χ0v) is 14.7. The summed E-state index contributed by atoms with van der Waals surface area (Å²) in [4.78, 5) is 37.6. The second kappa shape index (κ2) is 9.17. The molecule has 1 fully saturated rings. The molecule has 0 spiro atoms. The second-order valence-electron chi connectivity index (χ2n) is 6.04. The van der Waals surface area contributed by atoms with E-state index in [0.717, 1.165) is 12.0 Å². The number of amides is 4. The largest absolute Gasteiger partial charge is 0.383 e.